The van der Waals surface area contributed by atoms with Gasteiger partial charge in [0.1, 0.15) is 11.5 Å². The van der Waals surface area contributed by atoms with Crippen molar-refractivity contribution in [2.24, 2.45) is 0 Å². The molecule has 0 aliphatic carbocycles. The van der Waals surface area contributed by atoms with Crippen molar-refractivity contribution in [1.29, 1.82) is 0 Å². The van der Waals surface area contributed by atoms with E-state index < -0.39 is 19.2 Å². The molecule has 0 radical (unpaired) electrons. The van der Waals surface area contributed by atoms with Crippen molar-refractivity contribution in [2.75, 3.05) is 0 Å². The minimum atomic E-state index is -4.98. The summed E-state index contributed by atoms with van der Waals surface area (Å²) in [5.41, 5.74) is 1.41. The summed E-state index contributed by atoms with van der Waals surface area (Å²) >= 11 is 0. The van der Waals surface area contributed by atoms with Crippen LogP contribution in [-0.2, 0) is 4.57 Å². The van der Waals surface area contributed by atoms with E-state index >= 15 is 0 Å². The topological polar surface area (TPSA) is 104 Å². The molecule has 0 saturated heterocycles. The molecule has 0 spiro atoms. The molecule has 0 saturated carbocycles. The number of para-hydroxylation sites is 1. The van der Waals surface area contributed by atoms with Gasteiger partial charge in [0.25, 0.3) is 5.52 Å². The van der Waals surface area contributed by atoms with Crippen molar-refractivity contribution in [1.82, 2.24) is 0 Å². The van der Waals surface area contributed by atoms with Crippen LogP contribution in [0.15, 0.2) is 103 Å². The van der Waals surface area contributed by atoms with Gasteiger partial charge in [0.05, 0.1) is 0 Å². The van der Waals surface area contributed by atoms with E-state index in [1.165, 1.54) is 18.2 Å². The summed E-state index contributed by atoms with van der Waals surface area (Å²) in [5.74, 6) is 0.367. The molecule has 0 heterocycles. The van der Waals surface area contributed by atoms with Crippen molar-refractivity contribution >= 4 is 13.1 Å². The van der Waals surface area contributed by atoms with E-state index in [1.807, 2.05) is 60.7 Å². The highest BCUT2D eigenvalue weighted by molar-refractivity contribution is 7.70. The Morgan fingerprint density at radius 2 is 1.33 bits per heavy atom. The lowest BCUT2D eigenvalue weighted by Gasteiger charge is -2.22. The Morgan fingerprint density at radius 3 is 1.94 bits per heavy atom. The Morgan fingerprint density at radius 1 is 0.758 bits per heavy atom. The number of benzene rings is 4. The van der Waals surface area contributed by atoms with Crippen LogP contribution in [0.2, 0.25) is 0 Å². The number of phenolic OH excluding ortho intramolecular Hbond substituents is 1. The first kappa shape index (κ1) is 22.5. The molecular weight excluding hydrogens is 439 g/mol. The Hall–Kier alpha value is -3.70. The second-order valence-corrected chi connectivity index (χ2v) is 8.92. The number of carbonyl (C=O) groups is 1. The summed E-state index contributed by atoms with van der Waals surface area (Å²) in [5, 5.41) is 10.6. The van der Waals surface area contributed by atoms with Crippen LogP contribution in [0.4, 0.5) is 0 Å². The van der Waals surface area contributed by atoms with Gasteiger partial charge in [0.2, 0.25) is 0 Å². The summed E-state index contributed by atoms with van der Waals surface area (Å²) in [7, 11) is -4.98. The maximum Gasteiger partial charge on any atom is 0.396 e. The zero-order valence-electron chi connectivity index (χ0n) is 17.4. The van der Waals surface area contributed by atoms with Gasteiger partial charge in [-0.3, -0.25) is 9.36 Å². The van der Waals surface area contributed by atoms with Crippen LogP contribution in [0.5, 0.6) is 11.5 Å². The van der Waals surface area contributed by atoms with Crippen molar-refractivity contribution in [2.45, 2.75) is 6.10 Å². The third-order valence-electron chi connectivity index (χ3n) is 5.14. The van der Waals surface area contributed by atoms with Crippen LogP contribution in [0.25, 0.3) is 11.1 Å². The van der Waals surface area contributed by atoms with Gasteiger partial charge in [-0.15, -0.1) is 0 Å². The molecule has 4 aromatic carbocycles. The smallest absolute Gasteiger partial charge is 0.396 e. The molecule has 166 valence electrons. The van der Waals surface area contributed by atoms with Crippen molar-refractivity contribution in [3.05, 3.63) is 120 Å². The maximum atomic E-state index is 12.2. The molecule has 0 aromatic heterocycles. The summed E-state index contributed by atoms with van der Waals surface area (Å²) < 4.78 is 17.7. The molecule has 6 nitrogen and oxygen atoms in total. The SMILES string of the molecule is O=C(c1ccc(O)c(C(Oc2ccccc2)c2ccc(-c3ccccc3)cc2)c1)P(=O)(O)O. The van der Waals surface area contributed by atoms with Crippen LogP contribution in [0.1, 0.15) is 27.6 Å². The first-order chi connectivity index (χ1) is 15.8. The quantitative estimate of drug-likeness (QED) is 0.313. The van der Waals surface area contributed by atoms with Gasteiger partial charge in [0.15, 0.2) is 6.10 Å². The molecule has 0 amide bonds. The van der Waals surface area contributed by atoms with Crippen molar-refractivity contribution in [3.8, 4) is 22.6 Å². The fraction of sp³-hybridized carbons (Fsp3) is 0.0385. The van der Waals surface area contributed by atoms with Crippen LogP contribution < -0.4 is 4.74 Å². The first-order valence-electron chi connectivity index (χ1n) is 10.1. The Labute approximate surface area is 190 Å². The van der Waals surface area contributed by atoms with Gasteiger partial charge >= 0.3 is 7.60 Å². The fourth-order valence-electron chi connectivity index (χ4n) is 3.49. The molecule has 0 bridgehead atoms. The van der Waals surface area contributed by atoms with E-state index in [9.17, 15) is 24.3 Å². The predicted molar refractivity (Wildman–Crippen MR) is 125 cm³/mol. The van der Waals surface area contributed by atoms with Gasteiger partial charge in [0, 0.05) is 11.1 Å². The van der Waals surface area contributed by atoms with E-state index in [4.69, 9.17) is 4.74 Å². The summed E-state index contributed by atoms with van der Waals surface area (Å²) in [6.07, 6.45) is -0.832. The highest BCUT2D eigenvalue weighted by atomic mass is 31.2. The predicted octanol–water partition coefficient (Wildman–Crippen LogP) is 5.55. The average molecular weight is 460 g/mol. The molecule has 33 heavy (non-hydrogen) atoms. The number of aromatic hydroxyl groups is 1. The van der Waals surface area contributed by atoms with Crippen molar-refractivity contribution in [3.63, 3.8) is 0 Å². The van der Waals surface area contributed by atoms with E-state index in [0.717, 1.165) is 11.1 Å². The maximum absolute atomic E-state index is 12.2. The van der Waals surface area contributed by atoms with Gasteiger partial charge in [-0.1, -0.05) is 72.8 Å². The Bertz CT molecular complexity index is 1300. The van der Waals surface area contributed by atoms with Crippen molar-refractivity contribution < 1.29 is 29.0 Å². The molecular formula is C26H21O6P. The van der Waals surface area contributed by atoms with Crippen LogP contribution in [0.3, 0.4) is 0 Å². The van der Waals surface area contributed by atoms with E-state index in [1.54, 1.807) is 24.3 Å². The molecule has 1 atom stereocenters. The lowest BCUT2D eigenvalue weighted by Crippen LogP contribution is -2.11. The van der Waals surface area contributed by atoms with Crippen LogP contribution in [0, 0.1) is 0 Å². The van der Waals surface area contributed by atoms with Gasteiger partial charge in [-0.05, 0) is 47.0 Å². The second kappa shape index (κ2) is 9.43. The molecule has 0 aliphatic heterocycles. The number of ether oxygens (including phenoxy) is 1. The number of hydrogen-bond acceptors (Lipinski definition) is 4. The molecule has 3 N–H and O–H groups in total. The third-order valence-corrected chi connectivity index (χ3v) is 5.93. The molecule has 4 aromatic rings. The van der Waals surface area contributed by atoms with E-state index in [0.29, 0.717) is 11.3 Å². The molecule has 7 heteroatoms. The van der Waals surface area contributed by atoms with Crippen LogP contribution >= 0.6 is 7.60 Å². The fourth-order valence-corrected chi connectivity index (χ4v) is 3.97. The molecule has 0 fully saturated rings. The van der Waals surface area contributed by atoms with E-state index in [-0.39, 0.29) is 16.9 Å². The number of rotatable bonds is 7. The first-order valence-corrected chi connectivity index (χ1v) is 11.7. The second-order valence-electron chi connectivity index (χ2n) is 7.42. The Kier molecular flexibility index (Phi) is 6.43. The number of phenols is 1. The third kappa shape index (κ3) is 5.21. The van der Waals surface area contributed by atoms with Gasteiger partial charge in [-0.2, -0.15) is 0 Å². The van der Waals surface area contributed by atoms with E-state index in [2.05, 4.69) is 0 Å². The van der Waals surface area contributed by atoms with Crippen LogP contribution in [-0.4, -0.2) is 20.4 Å². The minimum absolute atomic E-state index is 0.162. The average Bonchev–Trinajstić information content (AvgIpc) is 2.83. The lowest BCUT2D eigenvalue weighted by molar-refractivity contribution is 0.104. The zero-order valence-corrected chi connectivity index (χ0v) is 18.3. The standard InChI is InChI=1S/C26H21O6P/c27-24-16-15-21(26(28)33(29,30)31)17-23(24)25(32-22-9-5-2-6-10-22)20-13-11-19(12-14-20)18-7-3-1-4-8-18/h1-17,25,27H,(H2,29,30,31). The minimum Gasteiger partial charge on any atom is -0.508 e. The monoisotopic (exact) mass is 460 g/mol. The highest BCUT2D eigenvalue weighted by Crippen LogP contribution is 2.41. The normalized spacial score (nSPS) is 12.2. The summed E-state index contributed by atoms with van der Waals surface area (Å²) in [6, 6.07) is 30.0. The lowest BCUT2D eigenvalue weighted by atomic mass is 9.96. The summed E-state index contributed by atoms with van der Waals surface area (Å²) in [6.45, 7) is 0. The largest absolute Gasteiger partial charge is 0.508 e. The number of hydrogen-bond donors (Lipinski definition) is 3. The molecule has 4 rings (SSSR count). The number of carbonyl (C=O) groups excluding carboxylic acids is 1. The molecule has 1 unspecified atom stereocenters. The van der Waals surface area contributed by atoms with Gasteiger partial charge < -0.3 is 19.6 Å². The zero-order chi connectivity index (χ0) is 23.4. The Balaban J connectivity index is 1.78. The highest BCUT2D eigenvalue weighted by Gasteiger charge is 2.29. The molecule has 0 aliphatic rings. The van der Waals surface area contributed by atoms with Gasteiger partial charge in [-0.25, -0.2) is 0 Å². The summed E-state index contributed by atoms with van der Waals surface area (Å²) in [4.78, 5) is 30.8.